The van der Waals surface area contributed by atoms with Gasteiger partial charge in [0.05, 0.1) is 0 Å². The van der Waals surface area contributed by atoms with Gasteiger partial charge in [-0.1, -0.05) is 32.1 Å². The van der Waals surface area contributed by atoms with Gasteiger partial charge in [0.2, 0.25) is 0 Å². The van der Waals surface area contributed by atoms with E-state index in [4.69, 9.17) is 0 Å². The highest BCUT2D eigenvalue weighted by atomic mass is 19.1. The van der Waals surface area contributed by atoms with E-state index in [1.54, 1.807) is 6.92 Å². The SMILES string of the molecule is CC(F)C1CCC(C2CCCCC2)CC1. The van der Waals surface area contributed by atoms with Crippen LogP contribution >= 0.6 is 0 Å². The van der Waals surface area contributed by atoms with Crippen LogP contribution in [0.15, 0.2) is 0 Å². The van der Waals surface area contributed by atoms with Crippen molar-refractivity contribution in [1.82, 2.24) is 0 Å². The highest BCUT2D eigenvalue weighted by molar-refractivity contribution is 4.81. The molecule has 0 radical (unpaired) electrons. The molecular formula is C14H25F. The molecular weight excluding hydrogens is 187 g/mol. The van der Waals surface area contributed by atoms with Crippen LogP contribution in [0.3, 0.4) is 0 Å². The zero-order chi connectivity index (χ0) is 10.7. The highest BCUT2D eigenvalue weighted by Crippen LogP contribution is 2.40. The van der Waals surface area contributed by atoms with E-state index < -0.39 is 6.17 Å². The molecule has 0 aromatic rings. The van der Waals surface area contributed by atoms with Crippen molar-refractivity contribution < 1.29 is 4.39 Å². The Morgan fingerprint density at radius 2 is 1.33 bits per heavy atom. The molecule has 0 heterocycles. The van der Waals surface area contributed by atoms with E-state index in [0.717, 1.165) is 24.7 Å². The molecule has 1 unspecified atom stereocenters. The number of hydrogen-bond donors (Lipinski definition) is 0. The van der Waals surface area contributed by atoms with Gasteiger partial charge in [-0.05, 0) is 50.4 Å². The molecule has 2 aliphatic rings. The molecule has 1 atom stereocenters. The Kier molecular flexibility index (Phi) is 4.05. The Bertz CT molecular complexity index is 174. The van der Waals surface area contributed by atoms with E-state index in [1.165, 1.54) is 44.9 Å². The largest absolute Gasteiger partial charge is 0.247 e. The minimum atomic E-state index is -0.572. The van der Waals surface area contributed by atoms with Crippen molar-refractivity contribution in [2.75, 3.05) is 0 Å². The molecule has 1 heteroatoms. The number of rotatable bonds is 2. The Morgan fingerprint density at radius 1 is 0.800 bits per heavy atom. The van der Waals surface area contributed by atoms with Crippen molar-refractivity contribution in [3.05, 3.63) is 0 Å². The van der Waals surface area contributed by atoms with E-state index in [1.807, 2.05) is 0 Å². The van der Waals surface area contributed by atoms with E-state index in [2.05, 4.69) is 0 Å². The first kappa shape index (κ1) is 11.4. The van der Waals surface area contributed by atoms with E-state index >= 15 is 0 Å². The van der Waals surface area contributed by atoms with Crippen LogP contribution in [-0.2, 0) is 0 Å². The second kappa shape index (κ2) is 5.32. The zero-order valence-corrected chi connectivity index (χ0v) is 10.1. The quantitative estimate of drug-likeness (QED) is 0.620. The normalized spacial score (nSPS) is 36.4. The number of hydrogen-bond acceptors (Lipinski definition) is 0. The van der Waals surface area contributed by atoms with Crippen LogP contribution in [0, 0.1) is 17.8 Å². The van der Waals surface area contributed by atoms with Crippen LogP contribution in [0.2, 0.25) is 0 Å². The first-order valence-electron chi connectivity index (χ1n) is 6.91. The summed E-state index contributed by atoms with van der Waals surface area (Å²) in [6, 6.07) is 0. The summed E-state index contributed by atoms with van der Waals surface area (Å²) in [6.07, 6.45) is 11.6. The molecule has 0 aromatic carbocycles. The monoisotopic (exact) mass is 212 g/mol. The summed E-state index contributed by atoms with van der Waals surface area (Å²) >= 11 is 0. The minimum absolute atomic E-state index is 0.379. The minimum Gasteiger partial charge on any atom is -0.247 e. The van der Waals surface area contributed by atoms with E-state index in [-0.39, 0.29) is 0 Å². The Hall–Kier alpha value is -0.0700. The molecule has 0 nitrogen and oxygen atoms in total. The van der Waals surface area contributed by atoms with Gasteiger partial charge in [0.15, 0.2) is 0 Å². The number of alkyl halides is 1. The maximum Gasteiger partial charge on any atom is 0.100 e. The molecule has 2 rings (SSSR count). The first-order chi connectivity index (χ1) is 7.27. The van der Waals surface area contributed by atoms with Crippen molar-refractivity contribution in [3.63, 3.8) is 0 Å². The first-order valence-corrected chi connectivity index (χ1v) is 6.91. The average molecular weight is 212 g/mol. The van der Waals surface area contributed by atoms with Crippen molar-refractivity contribution >= 4 is 0 Å². The van der Waals surface area contributed by atoms with Crippen LogP contribution in [0.4, 0.5) is 4.39 Å². The lowest BCUT2D eigenvalue weighted by molar-refractivity contribution is 0.125. The van der Waals surface area contributed by atoms with Crippen molar-refractivity contribution in [1.29, 1.82) is 0 Å². The zero-order valence-electron chi connectivity index (χ0n) is 10.1. The molecule has 0 aliphatic heterocycles. The molecule has 0 N–H and O–H groups in total. The molecule has 2 saturated carbocycles. The van der Waals surface area contributed by atoms with Crippen LogP contribution in [0.5, 0.6) is 0 Å². The van der Waals surface area contributed by atoms with Gasteiger partial charge in [0.1, 0.15) is 6.17 Å². The lowest BCUT2D eigenvalue weighted by Crippen LogP contribution is -2.26. The average Bonchev–Trinajstić information content (AvgIpc) is 2.30. The molecule has 15 heavy (non-hydrogen) atoms. The smallest absolute Gasteiger partial charge is 0.100 e. The maximum atomic E-state index is 13.2. The molecule has 0 aromatic heterocycles. The van der Waals surface area contributed by atoms with Gasteiger partial charge >= 0.3 is 0 Å². The Balaban J connectivity index is 1.77. The fourth-order valence-corrected chi connectivity index (χ4v) is 3.68. The fourth-order valence-electron chi connectivity index (χ4n) is 3.68. The van der Waals surface area contributed by atoms with Gasteiger partial charge < -0.3 is 0 Å². The predicted octanol–water partition coefficient (Wildman–Crippen LogP) is 4.73. The van der Waals surface area contributed by atoms with Crippen LogP contribution in [0.25, 0.3) is 0 Å². The highest BCUT2D eigenvalue weighted by Gasteiger charge is 2.30. The fraction of sp³-hybridized carbons (Fsp3) is 1.00. The van der Waals surface area contributed by atoms with Gasteiger partial charge in [-0.3, -0.25) is 0 Å². The molecule has 0 saturated heterocycles. The summed E-state index contributed by atoms with van der Waals surface area (Å²) in [6.45, 7) is 1.74. The summed E-state index contributed by atoms with van der Waals surface area (Å²) in [5, 5.41) is 0. The third-order valence-corrected chi connectivity index (χ3v) is 4.78. The third kappa shape index (κ3) is 2.95. The van der Waals surface area contributed by atoms with Gasteiger partial charge in [-0.15, -0.1) is 0 Å². The van der Waals surface area contributed by atoms with Crippen LogP contribution in [0.1, 0.15) is 64.7 Å². The van der Waals surface area contributed by atoms with Gasteiger partial charge in [0.25, 0.3) is 0 Å². The molecule has 0 spiro atoms. The van der Waals surface area contributed by atoms with E-state index in [0.29, 0.717) is 5.92 Å². The Morgan fingerprint density at radius 3 is 1.87 bits per heavy atom. The predicted molar refractivity (Wildman–Crippen MR) is 62.6 cm³/mol. The molecule has 0 amide bonds. The summed E-state index contributed by atoms with van der Waals surface area (Å²) < 4.78 is 13.2. The lowest BCUT2D eigenvalue weighted by Gasteiger charge is -2.36. The standard InChI is InChI=1S/C14H25F/c1-11(15)12-7-9-14(10-8-12)13-5-3-2-4-6-13/h11-14H,2-10H2,1H3. The summed E-state index contributed by atoms with van der Waals surface area (Å²) in [7, 11) is 0. The van der Waals surface area contributed by atoms with Crippen molar-refractivity contribution in [2.45, 2.75) is 70.9 Å². The second-order valence-corrected chi connectivity index (χ2v) is 5.75. The van der Waals surface area contributed by atoms with E-state index in [9.17, 15) is 4.39 Å². The summed E-state index contributed by atoms with van der Waals surface area (Å²) in [5.41, 5.74) is 0. The molecule has 2 aliphatic carbocycles. The van der Waals surface area contributed by atoms with Gasteiger partial charge in [0, 0.05) is 0 Å². The Labute approximate surface area is 93.6 Å². The maximum absolute atomic E-state index is 13.2. The third-order valence-electron chi connectivity index (χ3n) is 4.78. The lowest BCUT2D eigenvalue weighted by atomic mass is 9.70. The summed E-state index contributed by atoms with van der Waals surface area (Å²) in [4.78, 5) is 0. The van der Waals surface area contributed by atoms with Gasteiger partial charge in [-0.25, -0.2) is 4.39 Å². The molecule has 88 valence electrons. The summed E-state index contributed by atoms with van der Waals surface area (Å²) in [5.74, 6) is 2.32. The van der Waals surface area contributed by atoms with Gasteiger partial charge in [-0.2, -0.15) is 0 Å². The van der Waals surface area contributed by atoms with Crippen LogP contribution in [-0.4, -0.2) is 6.17 Å². The topological polar surface area (TPSA) is 0 Å². The second-order valence-electron chi connectivity index (χ2n) is 5.75. The van der Waals surface area contributed by atoms with Crippen molar-refractivity contribution in [2.24, 2.45) is 17.8 Å². The molecule has 0 bridgehead atoms. The van der Waals surface area contributed by atoms with Crippen LogP contribution < -0.4 is 0 Å². The molecule has 2 fully saturated rings. The van der Waals surface area contributed by atoms with Crippen molar-refractivity contribution in [3.8, 4) is 0 Å². The number of halogens is 1.